The molecular weight excluding hydrogens is 456 g/mol. The minimum Gasteiger partial charge on any atom is -0.469 e. The molecular formula is C26H48O7S. The van der Waals surface area contributed by atoms with E-state index in [1.807, 2.05) is 55.4 Å². The van der Waals surface area contributed by atoms with Crippen LogP contribution in [0.2, 0.25) is 0 Å². The van der Waals surface area contributed by atoms with E-state index in [1.165, 1.54) is 18.9 Å². The Morgan fingerprint density at radius 1 is 0.912 bits per heavy atom. The highest BCUT2D eigenvalue weighted by Crippen LogP contribution is 2.45. The summed E-state index contributed by atoms with van der Waals surface area (Å²) in [6.45, 7) is 19.1. The third-order valence-corrected chi connectivity index (χ3v) is 9.12. The van der Waals surface area contributed by atoms with E-state index in [1.54, 1.807) is 13.8 Å². The van der Waals surface area contributed by atoms with Gasteiger partial charge in [-0.3, -0.25) is 14.4 Å². The molecule has 0 rings (SSSR count). The van der Waals surface area contributed by atoms with E-state index in [-0.39, 0.29) is 41.0 Å². The smallest absolute Gasteiger partial charge is 0.316 e. The lowest BCUT2D eigenvalue weighted by Gasteiger charge is -2.40. The summed E-state index contributed by atoms with van der Waals surface area (Å²) in [4.78, 5) is 37.3. The molecule has 0 radical (unpaired) electrons. The molecule has 0 amide bonds. The van der Waals surface area contributed by atoms with Crippen molar-refractivity contribution in [2.45, 2.75) is 99.4 Å². The zero-order valence-corrected chi connectivity index (χ0v) is 24.0. The zero-order valence-electron chi connectivity index (χ0n) is 23.2. The largest absolute Gasteiger partial charge is 0.469 e. The Kier molecular flexibility index (Phi) is 12.7. The van der Waals surface area contributed by atoms with Crippen molar-refractivity contribution in [1.29, 1.82) is 0 Å². The van der Waals surface area contributed by atoms with Crippen LogP contribution in [0.5, 0.6) is 0 Å². The molecule has 0 spiro atoms. The summed E-state index contributed by atoms with van der Waals surface area (Å²) in [5.41, 5.74) is -1.69. The first kappa shape index (κ1) is 32.7. The third kappa shape index (κ3) is 9.06. The first-order valence-electron chi connectivity index (χ1n) is 12.1. The molecule has 0 aliphatic heterocycles. The van der Waals surface area contributed by atoms with Crippen molar-refractivity contribution in [1.82, 2.24) is 0 Å². The van der Waals surface area contributed by atoms with E-state index in [4.69, 9.17) is 14.2 Å². The van der Waals surface area contributed by atoms with Gasteiger partial charge in [0.15, 0.2) is 0 Å². The molecule has 0 aliphatic carbocycles. The molecule has 8 heteroatoms. The number of hydrogen-bond donors (Lipinski definition) is 1. The molecule has 0 fully saturated rings. The van der Waals surface area contributed by atoms with Crippen LogP contribution in [0.1, 0.15) is 88.5 Å². The van der Waals surface area contributed by atoms with Crippen LogP contribution in [0, 0.1) is 22.2 Å². The molecule has 200 valence electrons. The predicted molar refractivity (Wildman–Crippen MR) is 137 cm³/mol. The third-order valence-electron chi connectivity index (χ3n) is 7.61. The lowest BCUT2D eigenvalue weighted by molar-refractivity contribution is -0.165. The van der Waals surface area contributed by atoms with E-state index in [2.05, 4.69) is 0 Å². The minimum atomic E-state index is -1.10. The van der Waals surface area contributed by atoms with Gasteiger partial charge in [-0.2, -0.15) is 0 Å². The lowest BCUT2D eigenvalue weighted by Crippen LogP contribution is -2.42. The molecule has 1 N–H and O–H groups in total. The summed E-state index contributed by atoms with van der Waals surface area (Å²) >= 11 is 1.44. The molecule has 0 aromatic rings. The summed E-state index contributed by atoms with van der Waals surface area (Å²) < 4.78 is 15.2. The van der Waals surface area contributed by atoms with E-state index in [9.17, 15) is 19.5 Å². The molecule has 4 unspecified atom stereocenters. The number of methoxy groups -OCH3 is 1. The van der Waals surface area contributed by atoms with Gasteiger partial charge in [0.1, 0.15) is 19.3 Å². The molecule has 0 aromatic carbocycles. The number of esters is 3. The topological polar surface area (TPSA) is 99.1 Å². The van der Waals surface area contributed by atoms with Crippen LogP contribution in [0.4, 0.5) is 0 Å². The molecule has 0 bridgehead atoms. The van der Waals surface area contributed by atoms with Gasteiger partial charge < -0.3 is 19.3 Å². The van der Waals surface area contributed by atoms with Gasteiger partial charge in [-0.05, 0) is 44.9 Å². The number of rotatable bonds is 14. The fraction of sp³-hybridized carbons (Fsp3) is 0.885. The fourth-order valence-electron chi connectivity index (χ4n) is 3.36. The van der Waals surface area contributed by atoms with Gasteiger partial charge in [-0.1, -0.05) is 54.9 Å². The molecule has 0 aromatic heterocycles. The number of thioether (sulfide) groups is 1. The summed E-state index contributed by atoms with van der Waals surface area (Å²) in [5, 5.41) is 10.1. The number of carbonyl (C=O) groups is 3. The summed E-state index contributed by atoms with van der Waals surface area (Å²) in [6.07, 6.45) is 1.07. The Morgan fingerprint density at radius 3 is 1.88 bits per heavy atom. The van der Waals surface area contributed by atoms with Crippen LogP contribution in [-0.2, 0) is 28.6 Å². The van der Waals surface area contributed by atoms with E-state index < -0.39 is 28.9 Å². The fourth-order valence-corrected chi connectivity index (χ4v) is 4.51. The Hall–Kier alpha value is -1.28. The average molecular weight is 505 g/mol. The Labute approximate surface area is 211 Å². The second-order valence-electron chi connectivity index (χ2n) is 11.3. The molecule has 7 nitrogen and oxygen atoms in total. The molecule has 0 saturated heterocycles. The number of hydrogen-bond acceptors (Lipinski definition) is 8. The van der Waals surface area contributed by atoms with Gasteiger partial charge in [0.25, 0.3) is 0 Å². The highest BCUT2D eigenvalue weighted by Gasteiger charge is 2.45. The monoisotopic (exact) mass is 504 g/mol. The highest BCUT2D eigenvalue weighted by atomic mass is 32.2. The van der Waals surface area contributed by atoms with E-state index in [0.29, 0.717) is 6.42 Å². The Balaban J connectivity index is 4.83. The summed E-state index contributed by atoms with van der Waals surface area (Å²) in [7, 11) is 1.41. The van der Waals surface area contributed by atoms with Crippen molar-refractivity contribution < 1.29 is 33.7 Å². The maximum Gasteiger partial charge on any atom is 0.316 e. The maximum absolute atomic E-state index is 12.6. The number of aliphatic hydroxyl groups is 1. The lowest BCUT2D eigenvalue weighted by atomic mass is 9.69. The van der Waals surface area contributed by atoms with Crippen LogP contribution < -0.4 is 0 Å². The Bertz CT molecular complexity index is 685. The van der Waals surface area contributed by atoms with Gasteiger partial charge in [0, 0.05) is 4.75 Å². The van der Waals surface area contributed by atoms with Crippen molar-refractivity contribution >= 4 is 29.7 Å². The van der Waals surface area contributed by atoms with Gasteiger partial charge >= 0.3 is 17.9 Å². The second-order valence-corrected chi connectivity index (χ2v) is 12.9. The van der Waals surface area contributed by atoms with Gasteiger partial charge in [-0.15, -0.1) is 11.8 Å². The van der Waals surface area contributed by atoms with Gasteiger partial charge in [0.05, 0.1) is 23.7 Å². The minimum absolute atomic E-state index is 0.0889. The van der Waals surface area contributed by atoms with Crippen molar-refractivity contribution in [2.75, 3.05) is 26.1 Å². The van der Waals surface area contributed by atoms with Crippen molar-refractivity contribution in [2.24, 2.45) is 22.2 Å². The second kappa shape index (κ2) is 13.1. The maximum atomic E-state index is 12.6. The molecule has 34 heavy (non-hydrogen) atoms. The van der Waals surface area contributed by atoms with E-state index in [0.717, 1.165) is 12.8 Å². The van der Waals surface area contributed by atoms with Gasteiger partial charge in [0.2, 0.25) is 0 Å². The standard InChI is InChI=1S/C26H48O7S/c1-12-18(3)26(10,22(30)31-11)17-25(9,13-2)34-16-20(28)32-14-19(27)15-33-21(29)24(7,8)23(4,5)6/h18-19,27H,12-17H2,1-11H3. The van der Waals surface area contributed by atoms with E-state index >= 15 is 0 Å². The normalized spacial score (nSPS) is 17.6. The SMILES string of the molecule is CCC(C)C(C)(CC(C)(CC)SCC(=O)OCC(O)COC(=O)C(C)(C)C(C)(C)C)C(=O)OC. The van der Waals surface area contributed by atoms with Gasteiger partial charge in [-0.25, -0.2) is 0 Å². The average Bonchev–Trinajstić information content (AvgIpc) is 2.77. The summed E-state index contributed by atoms with van der Waals surface area (Å²) in [6, 6.07) is 0. The highest BCUT2D eigenvalue weighted by molar-refractivity contribution is 8.01. The van der Waals surface area contributed by atoms with Crippen LogP contribution in [0.3, 0.4) is 0 Å². The number of ether oxygens (including phenoxy) is 3. The molecule has 0 aliphatic rings. The van der Waals surface area contributed by atoms with Crippen LogP contribution in [0.25, 0.3) is 0 Å². The van der Waals surface area contributed by atoms with Crippen LogP contribution in [0.15, 0.2) is 0 Å². The number of aliphatic hydroxyl groups excluding tert-OH is 1. The van der Waals surface area contributed by atoms with Crippen molar-refractivity contribution in [3.8, 4) is 0 Å². The van der Waals surface area contributed by atoms with Crippen LogP contribution in [-0.4, -0.2) is 59.9 Å². The first-order chi connectivity index (χ1) is 15.4. The zero-order chi connectivity index (χ0) is 27.0. The summed E-state index contributed by atoms with van der Waals surface area (Å²) in [5.74, 6) is -0.898. The molecule has 0 saturated carbocycles. The van der Waals surface area contributed by atoms with Crippen molar-refractivity contribution in [3.05, 3.63) is 0 Å². The molecule has 0 heterocycles. The Morgan fingerprint density at radius 2 is 1.44 bits per heavy atom. The first-order valence-corrected chi connectivity index (χ1v) is 13.1. The van der Waals surface area contributed by atoms with Crippen LogP contribution >= 0.6 is 11.8 Å². The predicted octanol–water partition coefficient (Wildman–Crippen LogP) is 5.02. The quantitative estimate of drug-likeness (QED) is 0.260. The van der Waals surface area contributed by atoms with Crippen molar-refractivity contribution in [3.63, 3.8) is 0 Å². The molecule has 4 atom stereocenters. The number of carbonyl (C=O) groups excluding carboxylic acids is 3.